The summed E-state index contributed by atoms with van der Waals surface area (Å²) in [6, 6.07) is 20.6. The quantitative estimate of drug-likeness (QED) is 0.472. The predicted octanol–water partition coefficient (Wildman–Crippen LogP) is 5.85. The van der Waals surface area contributed by atoms with Crippen LogP contribution in [0.4, 0.5) is 0 Å². The fourth-order valence-corrected chi connectivity index (χ4v) is 3.28. The summed E-state index contributed by atoms with van der Waals surface area (Å²) in [5.41, 5.74) is 1.57. The van der Waals surface area contributed by atoms with Gasteiger partial charge in [0.05, 0.1) is 10.9 Å². The Kier molecular flexibility index (Phi) is 4.75. The van der Waals surface area contributed by atoms with Gasteiger partial charge in [-0.1, -0.05) is 47.5 Å². The topological polar surface area (TPSA) is 50.4 Å². The van der Waals surface area contributed by atoms with E-state index in [1.54, 1.807) is 72.8 Å². The Balaban J connectivity index is 2.00. The second-order valence-corrected chi connectivity index (χ2v) is 7.00. The second kappa shape index (κ2) is 7.20. The molecule has 27 heavy (non-hydrogen) atoms. The first-order chi connectivity index (χ1) is 13.0. The van der Waals surface area contributed by atoms with E-state index in [1.165, 1.54) is 0 Å². The van der Waals surface area contributed by atoms with Crippen molar-refractivity contribution in [1.82, 2.24) is 0 Å². The minimum Gasteiger partial charge on any atom is -0.455 e. The molecule has 0 amide bonds. The van der Waals surface area contributed by atoms with Gasteiger partial charge in [0, 0.05) is 15.6 Å². The summed E-state index contributed by atoms with van der Waals surface area (Å²) in [7, 11) is 0. The van der Waals surface area contributed by atoms with Gasteiger partial charge in [-0.05, 0) is 54.1 Å². The van der Waals surface area contributed by atoms with Crippen LogP contribution in [0.5, 0.6) is 0 Å². The van der Waals surface area contributed by atoms with E-state index in [9.17, 15) is 9.90 Å². The maximum Gasteiger partial charge on any atom is 0.199 e. The minimum atomic E-state index is -1.16. The predicted molar refractivity (Wildman–Crippen MR) is 108 cm³/mol. The summed E-state index contributed by atoms with van der Waals surface area (Å²) < 4.78 is 6.04. The fourth-order valence-electron chi connectivity index (χ4n) is 3.03. The van der Waals surface area contributed by atoms with Crippen LogP contribution in [0.1, 0.15) is 17.2 Å². The third kappa shape index (κ3) is 3.37. The van der Waals surface area contributed by atoms with E-state index >= 15 is 0 Å². The Bertz CT molecular complexity index is 1160. The van der Waals surface area contributed by atoms with Crippen LogP contribution >= 0.6 is 23.2 Å². The van der Waals surface area contributed by atoms with E-state index in [-0.39, 0.29) is 11.0 Å². The summed E-state index contributed by atoms with van der Waals surface area (Å²) in [5, 5.41) is 12.5. The zero-order valence-electron chi connectivity index (χ0n) is 14.0. The maximum atomic E-state index is 13.2. The van der Waals surface area contributed by atoms with Gasteiger partial charge in [0.25, 0.3) is 0 Å². The number of hydrogen-bond donors (Lipinski definition) is 1. The van der Waals surface area contributed by atoms with E-state index in [0.717, 1.165) is 0 Å². The molecule has 0 bridgehead atoms. The van der Waals surface area contributed by atoms with Crippen molar-refractivity contribution in [3.63, 3.8) is 0 Å². The standard InChI is InChI=1S/C22H14Cl2O3/c23-15-9-5-13(6-10-15)20(25)19-21(26)17-3-1-2-4-18(17)27-22(19)14-7-11-16(24)12-8-14/h1-12,20,25H. The SMILES string of the molecule is O=c1c(C(O)c2ccc(Cl)cc2)c(-c2ccc(Cl)cc2)oc2ccccc12. The summed E-state index contributed by atoms with van der Waals surface area (Å²) in [4.78, 5) is 13.2. The van der Waals surface area contributed by atoms with E-state index in [2.05, 4.69) is 0 Å². The summed E-state index contributed by atoms with van der Waals surface area (Å²) in [6.45, 7) is 0. The molecule has 0 aliphatic carbocycles. The average Bonchev–Trinajstić information content (AvgIpc) is 2.69. The average molecular weight is 397 g/mol. The molecule has 134 valence electrons. The van der Waals surface area contributed by atoms with Crippen LogP contribution in [-0.2, 0) is 0 Å². The van der Waals surface area contributed by atoms with Crippen molar-refractivity contribution in [3.05, 3.63) is 104 Å². The first-order valence-corrected chi connectivity index (χ1v) is 9.05. The zero-order chi connectivity index (χ0) is 19.0. The first-order valence-electron chi connectivity index (χ1n) is 8.30. The van der Waals surface area contributed by atoms with Gasteiger partial charge in [0.15, 0.2) is 5.43 Å². The lowest BCUT2D eigenvalue weighted by Crippen LogP contribution is -2.16. The molecule has 4 aromatic rings. The Hall–Kier alpha value is -2.59. The minimum absolute atomic E-state index is 0.179. The monoisotopic (exact) mass is 396 g/mol. The van der Waals surface area contributed by atoms with Crippen LogP contribution in [0, 0.1) is 0 Å². The van der Waals surface area contributed by atoms with Gasteiger partial charge in [-0.15, -0.1) is 0 Å². The van der Waals surface area contributed by atoms with Crippen molar-refractivity contribution in [3.8, 4) is 11.3 Å². The van der Waals surface area contributed by atoms with Gasteiger partial charge in [0.2, 0.25) is 0 Å². The molecule has 1 aromatic heterocycles. The number of aliphatic hydroxyl groups excluding tert-OH is 1. The highest BCUT2D eigenvalue weighted by Crippen LogP contribution is 2.33. The van der Waals surface area contributed by atoms with Gasteiger partial charge >= 0.3 is 0 Å². The lowest BCUT2D eigenvalue weighted by Gasteiger charge is -2.16. The smallest absolute Gasteiger partial charge is 0.199 e. The van der Waals surface area contributed by atoms with Crippen LogP contribution < -0.4 is 5.43 Å². The van der Waals surface area contributed by atoms with Crippen LogP contribution in [0.15, 0.2) is 82.0 Å². The van der Waals surface area contributed by atoms with Crippen molar-refractivity contribution in [1.29, 1.82) is 0 Å². The number of hydrogen-bond acceptors (Lipinski definition) is 3. The highest BCUT2D eigenvalue weighted by molar-refractivity contribution is 6.30. The second-order valence-electron chi connectivity index (χ2n) is 6.13. The highest BCUT2D eigenvalue weighted by atomic mass is 35.5. The summed E-state index contributed by atoms with van der Waals surface area (Å²) >= 11 is 11.9. The zero-order valence-corrected chi connectivity index (χ0v) is 15.5. The van der Waals surface area contributed by atoms with Crippen LogP contribution in [0.2, 0.25) is 10.0 Å². The Morgan fingerprint density at radius 2 is 1.41 bits per heavy atom. The molecule has 0 fully saturated rings. The van der Waals surface area contributed by atoms with E-state index in [0.29, 0.717) is 37.9 Å². The molecule has 0 spiro atoms. The number of benzene rings is 3. The number of aliphatic hydroxyl groups is 1. The molecule has 0 saturated carbocycles. The fraction of sp³-hybridized carbons (Fsp3) is 0.0455. The highest BCUT2D eigenvalue weighted by Gasteiger charge is 2.23. The summed E-state index contributed by atoms with van der Waals surface area (Å²) in [5.74, 6) is 0.317. The van der Waals surface area contributed by atoms with Crippen molar-refractivity contribution < 1.29 is 9.52 Å². The van der Waals surface area contributed by atoms with E-state index in [4.69, 9.17) is 27.6 Å². The molecule has 5 heteroatoms. The first kappa shape index (κ1) is 17.8. The largest absolute Gasteiger partial charge is 0.455 e. The van der Waals surface area contributed by atoms with Crippen molar-refractivity contribution in [2.75, 3.05) is 0 Å². The number of halogens is 2. The molecule has 1 N–H and O–H groups in total. The lowest BCUT2D eigenvalue weighted by molar-refractivity contribution is 0.217. The molecule has 4 rings (SSSR count). The molecular weight excluding hydrogens is 383 g/mol. The lowest BCUT2D eigenvalue weighted by atomic mass is 9.96. The van der Waals surface area contributed by atoms with E-state index in [1.807, 2.05) is 0 Å². The van der Waals surface area contributed by atoms with Gasteiger partial charge in [-0.3, -0.25) is 4.79 Å². The molecule has 0 aliphatic rings. The van der Waals surface area contributed by atoms with Gasteiger partial charge in [-0.25, -0.2) is 0 Å². The molecule has 1 atom stereocenters. The number of fused-ring (bicyclic) bond motifs is 1. The molecule has 0 saturated heterocycles. The molecule has 0 radical (unpaired) electrons. The molecule has 3 nitrogen and oxygen atoms in total. The van der Waals surface area contributed by atoms with Crippen molar-refractivity contribution >= 4 is 34.2 Å². The van der Waals surface area contributed by atoms with Crippen molar-refractivity contribution in [2.45, 2.75) is 6.10 Å². The van der Waals surface area contributed by atoms with Gasteiger partial charge < -0.3 is 9.52 Å². The molecule has 0 aliphatic heterocycles. The molecule has 1 unspecified atom stereocenters. The van der Waals surface area contributed by atoms with Crippen LogP contribution in [0.3, 0.4) is 0 Å². The Labute approximate surface area is 165 Å². The van der Waals surface area contributed by atoms with Crippen molar-refractivity contribution in [2.24, 2.45) is 0 Å². The van der Waals surface area contributed by atoms with Crippen LogP contribution in [-0.4, -0.2) is 5.11 Å². The Morgan fingerprint density at radius 1 is 0.815 bits per heavy atom. The molecular formula is C22H14Cl2O3. The molecule has 3 aromatic carbocycles. The molecule has 1 heterocycles. The third-order valence-electron chi connectivity index (χ3n) is 4.40. The number of para-hydroxylation sites is 1. The van der Waals surface area contributed by atoms with Gasteiger partial charge in [0.1, 0.15) is 17.4 Å². The Morgan fingerprint density at radius 3 is 2.07 bits per heavy atom. The third-order valence-corrected chi connectivity index (χ3v) is 4.90. The number of rotatable bonds is 3. The normalized spacial score (nSPS) is 12.3. The summed E-state index contributed by atoms with van der Waals surface area (Å²) in [6.07, 6.45) is -1.16. The van der Waals surface area contributed by atoms with Crippen LogP contribution in [0.25, 0.3) is 22.3 Å². The van der Waals surface area contributed by atoms with Gasteiger partial charge in [-0.2, -0.15) is 0 Å². The maximum absolute atomic E-state index is 13.2. The van der Waals surface area contributed by atoms with E-state index < -0.39 is 6.10 Å².